The number of H-pyrrole nitrogens is 4. The van der Waals surface area contributed by atoms with E-state index in [1.165, 1.54) is 27.5 Å². The van der Waals surface area contributed by atoms with Crippen LogP contribution >= 0.6 is 0 Å². The van der Waals surface area contributed by atoms with Crippen LogP contribution in [-0.4, -0.2) is 95.9 Å². The van der Waals surface area contributed by atoms with Gasteiger partial charge in [-0.1, -0.05) is 69.2 Å². The van der Waals surface area contributed by atoms with Gasteiger partial charge in [-0.25, -0.2) is 37.5 Å². The van der Waals surface area contributed by atoms with E-state index in [1.807, 2.05) is 127 Å². The molecule has 9 aromatic heterocycles. The summed E-state index contributed by atoms with van der Waals surface area (Å²) in [6, 6.07) is 37.6. The van der Waals surface area contributed by atoms with Gasteiger partial charge in [-0.15, -0.1) is 0 Å². The molecule has 109 heavy (non-hydrogen) atoms. The van der Waals surface area contributed by atoms with Crippen molar-refractivity contribution >= 4 is 88.4 Å². The quantitative estimate of drug-likeness (QED) is 0.0930. The van der Waals surface area contributed by atoms with Crippen molar-refractivity contribution in [1.29, 1.82) is 0 Å². The lowest BCUT2D eigenvalue weighted by Gasteiger charge is -2.13. The van der Waals surface area contributed by atoms with Crippen LogP contribution in [-0.2, 0) is 0 Å². The number of aryl methyl sites for hydroxylation is 11. The lowest BCUT2D eigenvalue weighted by molar-refractivity contribution is 0.111. The van der Waals surface area contributed by atoms with E-state index in [9.17, 15) is 17.6 Å². The van der Waals surface area contributed by atoms with Crippen molar-refractivity contribution in [3.05, 3.63) is 218 Å². The van der Waals surface area contributed by atoms with Crippen LogP contribution in [0.25, 0.3) is 144 Å². The molecule has 3 aliphatic rings. The van der Waals surface area contributed by atoms with Gasteiger partial charge in [0.05, 0.1) is 97.8 Å². The van der Waals surface area contributed by atoms with Crippen molar-refractivity contribution in [2.45, 2.75) is 129 Å². The number of hydrogen-bond donors (Lipinski definition) is 4. The Morgan fingerprint density at radius 1 is 0.440 bits per heavy atom. The Hall–Kier alpha value is -12.5. The molecule has 1 atom stereocenters. The zero-order valence-electron chi connectivity index (χ0n) is 62.9. The summed E-state index contributed by atoms with van der Waals surface area (Å²) in [6.45, 7) is 30.8. The standard InChI is InChI=1S/C24H21N3O.C22H18N4O.C21H20F2N4O.C19H18F2N4O/c1-13-9-10-17-7-5-6-8-19(17)22(13)20-11-18(23-14(2)27-28-15(23)3)12-21-24(20)26-16(4)25-21;1-12-6-7-18-16(5-4-8-23-18)20(12)17-9-15(10-19-22(17)25-11-24-19)21-13(2)26-27-14(21)3;1-9-8-24-10(2)17(9)14-5-13(18-11(3)27-28-12(18)4)6-16-19(14)26-20(25-16)15-7-21(15,22)23;1-8-7-22-9(2)15(8)13-5-12(16-10(3)25-26-11(16)4)6-14-17(13)24-19(23-14)18(20)21/h5-12H,1-4H3,(H,25,26);4-11H,1-3H3,(H,24,25);5-6,15H,7-8H2,1-4H3,(H,25,26);5-6,18H,7H2,1-4H3,(H,23,24). The molecule has 0 spiro atoms. The van der Waals surface area contributed by atoms with Crippen LogP contribution in [0.3, 0.4) is 0 Å². The van der Waals surface area contributed by atoms with Gasteiger partial charge in [-0.2, -0.15) is 0 Å². The number of hydrogen-bond acceptors (Lipinski definition) is 15. The number of aromatic amines is 4. The second-order valence-electron chi connectivity index (χ2n) is 28.7. The molecule has 16 aromatic rings. The van der Waals surface area contributed by atoms with Crippen LogP contribution in [0.15, 0.2) is 161 Å². The third-order valence-electron chi connectivity index (χ3n) is 21.0. The zero-order chi connectivity index (χ0) is 76.3. The maximum absolute atomic E-state index is 13.6. The Morgan fingerprint density at radius 2 is 0.890 bits per heavy atom. The smallest absolute Gasteiger partial charge is 0.295 e. The highest BCUT2D eigenvalue weighted by Crippen LogP contribution is 2.55. The number of nitrogens with one attached hydrogen (secondary N) is 4. The molecule has 11 heterocycles. The lowest BCUT2D eigenvalue weighted by Crippen LogP contribution is -1.97. The van der Waals surface area contributed by atoms with Crippen LogP contribution in [0, 0.1) is 76.2 Å². The van der Waals surface area contributed by atoms with Gasteiger partial charge >= 0.3 is 0 Å². The van der Waals surface area contributed by atoms with E-state index < -0.39 is 18.3 Å². The second kappa shape index (κ2) is 27.4. The molecular weight excluding hydrogens is 1380 g/mol. The average molecular weight is 1460 g/mol. The number of aromatic nitrogens is 13. The first-order valence-corrected chi connectivity index (χ1v) is 36.0. The largest absolute Gasteiger partial charge is 0.361 e. The number of halogens is 4. The summed E-state index contributed by atoms with van der Waals surface area (Å²) < 4.78 is 75.1. The van der Waals surface area contributed by atoms with Gasteiger partial charge < -0.3 is 38.0 Å². The summed E-state index contributed by atoms with van der Waals surface area (Å²) >= 11 is 0. The molecule has 19 nitrogen and oxygen atoms in total. The van der Waals surface area contributed by atoms with E-state index in [1.54, 1.807) is 6.33 Å². The van der Waals surface area contributed by atoms with Gasteiger partial charge in [0.1, 0.15) is 34.7 Å². The van der Waals surface area contributed by atoms with Crippen LogP contribution < -0.4 is 0 Å². The fourth-order valence-electron chi connectivity index (χ4n) is 15.9. The maximum Gasteiger partial charge on any atom is 0.295 e. The molecule has 0 amide bonds. The maximum atomic E-state index is 13.6. The number of imidazole rings is 4. The fourth-order valence-corrected chi connectivity index (χ4v) is 15.9. The molecule has 1 saturated carbocycles. The minimum atomic E-state index is -2.67. The highest BCUT2D eigenvalue weighted by Gasteiger charge is 2.59. The highest BCUT2D eigenvalue weighted by atomic mass is 19.3. The Balaban J connectivity index is 0.000000111. The third kappa shape index (κ3) is 12.7. The first-order chi connectivity index (χ1) is 52.3. The SMILES string of the molecule is CC1=NCC(C)=C1c1cc(-c2c(C)noc2C)cc2[nH]c(C(F)F)nc12.CC1=NCC(C)=C1c1cc(-c2c(C)noc2C)cc2[nH]c(C3CC3(F)F)nc12.Cc1ccc2ncccc2c1-c1cc(-c2c(C)noc2C)cc2[nH]cnc12.Cc1nc2c(-c3c(C)ccc4ccccc34)cc(-c3c(C)noc3C)cc2[nH]1. The van der Waals surface area contributed by atoms with Gasteiger partial charge in [0.25, 0.3) is 12.3 Å². The van der Waals surface area contributed by atoms with Gasteiger partial charge in [0.15, 0.2) is 5.82 Å². The summed E-state index contributed by atoms with van der Waals surface area (Å²) in [5.41, 5.74) is 33.4. The summed E-state index contributed by atoms with van der Waals surface area (Å²) in [4.78, 5) is 44.3. The van der Waals surface area contributed by atoms with E-state index in [0.29, 0.717) is 41.2 Å². The van der Waals surface area contributed by atoms with Gasteiger partial charge in [0, 0.05) is 85.1 Å². The van der Waals surface area contributed by atoms with Gasteiger partial charge in [0.2, 0.25) is 0 Å². The van der Waals surface area contributed by atoms with Gasteiger partial charge in [-0.3, -0.25) is 15.0 Å². The molecule has 1 unspecified atom stereocenters. The Morgan fingerprint density at radius 3 is 1.39 bits per heavy atom. The second-order valence-corrected chi connectivity index (χ2v) is 28.7. The summed E-state index contributed by atoms with van der Waals surface area (Å²) in [5.74, 6) is 0.475. The first-order valence-electron chi connectivity index (χ1n) is 36.0. The number of allylic oxidation sites excluding steroid dienone is 2. The predicted molar refractivity (Wildman–Crippen MR) is 421 cm³/mol. The molecule has 0 radical (unpaired) electrons. The molecule has 0 saturated heterocycles. The topological polar surface area (TPSA) is 256 Å². The molecule has 0 bridgehead atoms. The fraction of sp³-hybridized carbons (Fsp3) is 0.244. The number of benzene rings is 7. The molecule has 2 aliphatic heterocycles. The van der Waals surface area contributed by atoms with Crippen molar-refractivity contribution in [2.75, 3.05) is 13.1 Å². The van der Waals surface area contributed by atoms with E-state index in [-0.39, 0.29) is 12.2 Å². The monoisotopic (exact) mass is 1460 g/mol. The molecular formula is C86H77F4N15O4. The van der Waals surface area contributed by atoms with Crippen LogP contribution in [0.5, 0.6) is 0 Å². The normalized spacial score (nSPS) is 14.7. The Bertz CT molecular complexity index is 6440. The molecule has 19 rings (SSSR count). The number of nitrogens with zero attached hydrogens (tertiary/aromatic N) is 11. The molecule has 7 aromatic carbocycles. The molecule has 1 aliphatic carbocycles. The summed E-state index contributed by atoms with van der Waals surface area (Å²) in [7, 11) is 0. The molecule has 4 N–H and O–H groups in total. The average Bonchev–Trinajstić information content (AvgIpc) is 1.56. The number of fused-ring (bicyclic) bond motifs is 6. The van der Waals surface area contributed by atoms with Crippen molar-refractivity contribution in [3.63, 3.8) is 0 Å². The number of alkyl halides is 4. The predicted octanol–water partition coefficient (Wildman–Crippen LogP) is 21.9. The number of pyridine rings is 1. The van der Waals surface area contributed by atoms with Crippen molar-refractivity contribution in [1.82, 2.24) is 65.5 Å². The third-order valence-corrected chi connectivity index (χ3v) is 21.0. The van der Waals surface area contributed by atoms with E-state index in [4.69, 9.17) is 23.1 Å². The van der Waals surface area contributed by atoms with Crippen LogP contribution in [0.4, 0.5) is 17.6 Å². The molecule has 1 fully saturated rings. The summed E-state index contributed by atoms with van der Waals surface area (Å²) in [5, 5.41) is 19.9. The Kier molecular flexibility index (Phi) is 17.8. The minimum Gasteiger partial charge on any atom is -0.361 e. The Labute approximate surface area is 623 Å². The number of rotatable bonds is 10. The highest BCUT2D eigenvalue weighted by molar-refractivity contribution is 6.28. The van der Waals surface area contributed by atoms with Crippen LogP contribution in [0.1, 0.15) is 132 Å². The number of aliphatic imine (C=N–C) groups is 2. The molecule has 548 valence electrons. The first kappa shape index (κ1) is 70.8. The van der Waals surface area contributed by atoms with E-state index in [2.05, 4.69) is 163 Å². The van der Waals surface area contributed by atoms with Gasteiger partial charge in [-0.05, 0) is 231 Å². The van der Waals surface area contributed by atoms with E-state index >= 15 is 0 Å². The van der Waals surface area contributed by atoms with Crippen molar-refractivity contribution in [3.8, 4) is 66.8 Å². The summed E-state index contributed by atoms with van der Waals surface area (Å²) in [6.07, 6.45) is 0.753. The van der Waals surface area contributed by atoms with Crippen molar-refractivity contribution in [2.24, 2.45) is 9.98 Å². The zero-order valence-corrected chi connectivity index (χ0v) is 62.9. The van der Waals surface area contributed by atoms with Crippen molar-refractivity contribution < 1.29 is 35.7 Å². The van der Waals surface area contributed by atoms with E-state index in [0.717, 1.165) is 190 Å². The minimum absolute atomic E-state index is 0.152. The van der Waals surface area contributed by atoms with Crippen LogP contribution in [0.2, 0.25) is 0 Å². The molecule has 23 heteroatoms. The lowest BCUT2D eigenvalue weighted by atomic mass is 9.90.